The van der Waals surface area contributed by atoms with E-state index in [1.54, 1.807) is 37.4 Å². The number of carboxylic acid groups (broad SMARTS) is 1. The SMILES string of the molecule is COc1ccc(OCCC(C(=O)O)c2ccccc2F)cc1. The molecular weight excluding hydrogens is 287 g/mol. The second kappa shape index (κ2) is 7.45. The summed E-state index contributed by atoms with van der Waals surface area (Å²) in [6, 6.07) is 12.9. The first-order valence-corrected chi connectivity index (χ1v) is 6.86. The van der Waals surface area contributed by atoms with Crippen LogP contribution in [0.2, 0.25) is 0 Å². The van der Waals surface area contributed by atoms with Gasteiger partial charge in [0.2, 0.25) is 0 Å². The topological polar surface area (TPSA) is 55.8 Å². The van der Waals surface area contributed by atoms with Crippen molar-refractivity contribution in [2.24, 2.45) is 0 Å². The van der Waals surface area contributed by atoms with E-state index < -0.39 is 17.7 Å². The quantitative estimate of drug-likeness (QED) is 0.851. The smallest absolute Gasteiger partial charge is 0.311 e. The summed E-state index contributed by atoms with van der Waals surface area (Å²) in [6.07, 6.45) is 0.183. The fourth-order valence-corrected chi connectivity index (χ4v) is 2.14. The standard InChI is InChI=1S/C17H17FO4/c1-21-12-6-8-13(9-7-12)22-11-10-15(17(19)20)14-4-2-3-5-16(14)18/h2-9,15H,10-11H2,1H3,(H,19,20). The number of hydrogen-bond donors (Lipinski definition) is 1. The number of methoxy groups -OCH3 is 1. The van der Waals surface area contributed by atoms with E-state index in [0.717, 1.165) is 0 Å². The molecule has 1 N–H and O–H groups in total. The van der Waals surface area contributed by atoms with Crippen molar-refractivity contribution >= 4 is 5.97 Å². The molecule has 0 aliphatic rings. The maximum Gasteiger partial charge on any atom is 0.311 e. The first-order valence-electron chi connectivity index (χ1n) is 6.86. The zero-order valence-corrected chi connectivity index (χ0v) is 12.2. The van der Waals surface area contributed by atoms with E-state index >= 15 is 0 Å². The Labute approximate surface area is 128 Å². The van der Waals surface area contributed by atoms with E-state index in [1.165, 1.54) is 18.2 Å². The summed E-state index contributed by atoms with van der Waals surface area (Å²) in [5, 5.41) is 9.28. The number of ether oxygens (including phenoxy) is 2. The molecule has 0 aromatic heterocycles. The molecule has 0 aliphatic heterocycles. The fourth-order valence-electron chi connectivity index (χ4n) is 2.14. The van der Waals surface area contributed by atoms with Gasteiger partial charge in [-0.25, -0.2) is 4.39 Å². The molecular formula is C17H17FO4. The molecule has 0 saturated carbocycles. The van der Waals surface area contributed by atoms with Gasteiger partial charge in [-0.05, 0) is 36.8 Å². The van der Waals surface area contributed by atoms with Crippen LogP contribution in [0.1, 0.15) is 17.9 Å². The molecule has 5 heteroatoms. The Morgan fingerprint density at radius 2 is 1.77 bits per heavy atom. The van der Waals surface area contributed by atoms with Gasteiger partial charge >= 0.3 is 5.97 Å². The van der Waals surface area contributed by atoms with E-state index in [2.05, 4.69) is 0 Å². The lowest BCUT2D eigenvalue weighted by atomic mass is 9.96. The summed E-state index contributed by atoms with van der Waals surface area (Å²) < 4.78 is 24.3. The Bertz CT molecular complexity index is 625. The zero-order chi connectivity index (χ0) is 15.9. The molecule has 0 spiro atoms. The van der Waals surface area contributed by atoms with Crippen molar-refractivity contribution in [2.75, 3.05) is 13.7 Å². The highest BCUT2D eigenvalue weighted by Crippen LogP contribution is 2.24. The number of carboxylic acids is 1. The highest BCUT2D eigenvalue weighted by atomic mass is 19.1. The predicted octanol–water partition coefficient (Wildman–Crippen LogP) is 3.47. The molecule has 0 saturated heterocycles. The summed E-state index contributed by atoms with van der Waals surface area (Å²) in [4.78, 5) is 11.3. The highest BCUT2D eigenvalue weighted by molar-refractivity contribution is 5.76. The van der Waals surface area contributed by atoms with E-state index in [9.17, 15) is 14.3 Å². The zero-order valence-electron chi connectivity index (χ0n) is 12.2. The van der Waals surface area contributed by atoms with Crippen LogP contribution in [0.25, 0.3) is 0 Å². The van der Waals surface area contributed by atoms with E-state index in [1.807, 2.05) is 0 Å². The average Bonchev–Trinajstić information content (AvgIpc) is 2.53. The molecule has 1 atom stereocenters. The lowest BCUT2D eigenvalue weighted by Gasteiger charge is -2.14. The number of carbonyl (C=O) groups is 1. The Hall–Kier alpha value is -2.56. The summed E-state index contributed by atoms with van der Waals surface area (Å²) in [7, 11) is 1.57. The molecule has 2 aromatic carbocycles. The summed E-state index contributed by atoms with van der Waals surface area (Å²) >= 11 is 0. The number of aliphatic carboxylic acids is 1. The molecule has 4 nitrogen and oxygen atoms in total. The van der Waals surface area contributed by atoms with Crippen molar-refractivity contribution < 1.29 is 23.8 Å². The number of benzene rings is 2. The van der Waals surface area contributed by atoms with Gasteiger partial charge in [-0.2, -0.15) is 0 Å². The van der Waals surface area contributed by atoms with E-state index in [-0.39, 0.29) is 18.6 Å². The third kappa shape index (κ3) is 3.97. The highest BCUT2D eigenvalue weighted by Gasteiger charge is 2.22. The van der Waals surface area contributed by atoms with Gasteiger partial charge in [-0.15, -0.1) is 0 Å². The van der Waals surface area contributed by atoms with Crippen LogP contribution in [0.15, 0.2) is 48.5 Å². The Balaban J connectivity index is 1.98. The summed E-state index contributed by atoms with van der Waals surface area (Å²) in [5.41, 5.74) is 0.174. The first kappa shape index (κ1) is 15.8. The van der Waals surface area contributed by atoms with Crippen LogP contribution in [0.4, 0.5) is 4.39 Å². The molecule has 22 heavy (non-hydrogen) atoms. The van der Waals surface area contributed by atoms with Crippen molar-refractivity contribution in [1.29, 1.82) is 0 Å². The van der Waals surface area contributed by atoms with Gasteiger partial charge in [0.15, 0.2) is 0 Å². The molecule has 0 amide bonds. The van der Waals surface area contributed by atoms with Crippen molar-refractivity contribution in [2.45, 2.75) is 12.3 Å². The number of hydrogen-bond acceptors (Lipinski definition) is 3. The molecule has 0 aliphatic carbocycles. The normalized spacial score (nSPS) is 11.7. The maximum atomic E-state index is 13.7. The monoisotopic (exact) mass is 304 g/mol. The number of rotatable bonds is 7. The van der Waals surface area contributed by atoms with Gasteiger partial charge in [0.25, 0.3) is 0 Å². The minimum Gasteiger partial charge on any atom is -0.497 e. The van der Waals surface area contributed by atoms with Crippen LogP contribution in [0.5, 0.6) is 11.5 Å². The van der Waals surface area contributed by atoms with E-state index in [4.69, 9.17) is 9.47 Å². The Kier molecular flexibility index (Phi) is 5.36. The van der Waals surface area contributed by atoms with Crippen molar-refractivity contribution in [3.63, 3.8) is 0 Å². The minimum absolute atomic E-state index is 0.174. The molecule has 116 valence electrons. The van der Waals surface area contributed by atoms with Crippen LogP contribution in [0, 0.1) is 5.82 Å². The fraction of sp³-hybridized carbons (Fsp3) is 0.235. The van der Waals surface area contributed by atoms with Gasteiger partial charge in [0.1, 0.15) is 17.3 Å². The first-order chi connectivity index (χ1) is 10.6. The lowest BCUT2D eigenvalue weighted by molar-refractivity contribution is -0.139. The van der Waals surface area contributed by atoms with E-state index in [0.29, 0.717) is 11.5 Å². The molecule has 2 rings (SSSR count). The van der Waals surface area contributed by atoms with Gasteiger partial charge in [0, 0.05) is 5.56 Å². The predicted molar refractivity (Wildman–Crippen MR) is 79.9 cm³/mol. The minimum atomic E-state index is -1.07. The van der Waals surface area contributed by atoms with Crippen LogP contribution < -0.4 is 9.47 Å². The largest absolute Gasteiger partial charge is 0.497 e. The Morgan fingerprint density at radius 3 is 2.36 bits per heavy atom. The molecule has 2 aromatic rings. The Morgan fingerprint density at radius 1 is 1.14 bits per heavy atom. The third-order valence-corrected chi connectivity index (χ3v) is 3.31. The summed E-state index contributed by atoms with van der Waals surface area (Å²) in [5.74, 6) is -1.19. The van der Waals surface area contributed by atoms with Gasteiger partial charge in [0.05, 0.1) is 19.6 Å². The maximum absolute atomic E-state index is 13.7. The molecule has 1 unspecified atom stereocenters. The summed E-state index contributed by atoms with van der Waals surface area (Å²) in [6.45, 7) is 0.178. The van der Waals surface area contributed by atoms with Crippen molar-refractivity contribution in [1.82, 2.24) is 0 Å². The molecule has 0 fully saturated rings. The van der Waals surface area contributed by atoms with Crippen molar-refractivity contribution in [3.05, 3.63) is 59.9 Å². The van der Waals surface area contributed by atoms with Gasteiger partial charge in [-0.1, -0.05) is 18.2 Å². The third-order valence-electron chi connectivity index (χ3n) is 3.31. The van der Waals surface area contributed by atoms with Gasteiger partial charge < -0.3 is 14.6 Å². The lowest BCUT2D eigenvalue weighted by Crippen LogP contribution is -2.16. The van der Waals surface area contributed by atoms with Crippen LogP contribution in [-0.4, -0.2) is 24.8 Å². The van der Waals surface area contributed by atoms with Gasteiger partial charge in [-0.3, -0.25) is 4.79 Å². The van der Waals surface area contributed by atoms with Crippen LogP contribution in [-0.2, 0) is 4.79 Å². The van der Waals surface area contributed by atoms with Crippen LogP contribution in [0.3, 0.4) is 0 Å². The molecule has 0 bridgehead atoms. The molecule has 0 heterocycles. The van der Waals surface area contributed by atoms with Crippen molar-refractivity contribution in [3.8, 4) is 11.5 Å². The second-order valence-corrected chi connectivity index (χ2v) is 4.73. The molecule has 0 radical (unpaired) electrons. The number of halogens is 1. The average molecular weight is 304 g/mol. The van der Waals surface area contributed by atoms with Crippen LogP contribution >= 0.6 is 0 Å². The second-order valence-electron chi connectivity index (χ2n) is 4.73.